The Labute approximate surface area is 130 Å². The average Bonchev–Trinajstić information content (AvgIpc) is 2.80. The van der Waals surface area contributed by atoms with Crippen LogP contribution in [0.5, 0.6) is 0 Å². The van der Waals surface area contributed by atoms with Gasteiger partial charge in [-0.05, 0) is 29.0 Å². The number of benzene rings is 1. The number of nitrogens with one attached hydrogen (secondary N) is 1. The highest BCUT2D eigenvalue weighted by Gasteiger charge is 2.68. The van der Waals surface area contributed by atoms with Crippen molar-refractivity contribution in [2.45, 2.75) is 27.7 Å². The number of aliphatic hydroxyl groups is 1. The summed E-state index contributed by atoms with van der Waals surface area (Å²) in [6, 6.07) is 5.14. The van der Waals surface area contributed by atoms with E-state index in [1.165, 1.54) is 0 Å². The molecule has 1 aromatic carbocycles. The molecule has 3 nitrogen and oxygen atoms in total. The van der Waals surface area contributed by atoms with Crippen molar-refractivity contribution in [1.29, 1.82) is 0 Å². The van der Waals surface area contributed by atoms with Gasteiger partial charge >= 0.3 is 0 Å². The zero-order chi connectivity index (χ0) is 15.8. The summed E-state index contributed by atoms with van der Waals surface area (Å²) in [5.41, 5.74) is 1.21. The molecule has 0 spiro atoms. The van der Waals surface area contributed by atoms with E-state index in [4.69, 9.17) is 16.7 Å². The minimum Gasteiger partial charge on any atom is -0.384 e. The molecule has 112 valence electrons. The highest BCUT2D eigenvalue weighted by atomic mass is 35.5. The van der Waals surface area contributed by atoms with E-state index in [9.17, 15) is 4.79 Å². The molecule has 1 amide bonds. The van der Waals surface area contributed by atoms with Crippen molar-refractivity contribution in [3.63, 3.8) is 0 Å². The molecular weight excluding hydrogens is 286 g/mol. The third-order valence-electron chi connectivity index (χ3n) is 4.82. The quantitative estimate of drug-likeness (QED) is 0.824. The third kappa shape index (κ3) is 2.79. The Morgan fingerprint density at radius 2 is 1.95 bits per heavy atom. The van der Waals surface area contributed by atoms with Crippen LogP contribution >= 0.6 is 11.6 Å². The number of amides is 1. The van der Waals surface area contributed by atoms with Crippen molar-refractivity contribution in [3.05, 3.63) is 28.8 Å². The van der Waals surface area contributed by atoms with Gasteiger partial charge < -0.3 is 10.4 Å². The normalized spacial score (nSPS) is 18.6. The molecule has 1 aliphatic carbocycles. The molecule has 0 radical (unpaired) electrons. The van der Waals surface area contributed by atoms with E-state index in [1.807, 2.05) is 0 Å². The van der Waals surface area contributed by atoms with E-state index in [-0.39, 0.29) is 29.3 Å². The Morgan fingerprint density at radius 3 is 2.48 bits per heavy atom. The lowest BCUT2D eigenvalue weighted by atomic mass is 10.0. The average molecular weight is 306 g/mol. The van der Waals surface area contributed by atoms with Crippen LogP contribution in [0, 0.1) is 28.6 Å². The van der Waals surface area contributed by atoms with Gasteiger partial charge in [-0.15, -0.1) is 0 Å². The first kappa shape index (κ1) is 15.9. The zero-order valence-corrected chi connectivity index (χ0v) is 13.5. The molecule has 0 bridgehead atoms. The summed E-state index contributed by atoms with van der Waals surface area (Å²) in [6.45, 7) is 8.18. The van der Waals surface area contributed by atoms with Gasteiger partial charge in [-0.1, -0.05) is 51.1 Å². The number of carbonyl (C=O) groups is 1. The molecule has 1 aliphatic rings. The molecule has 21 heavy (non-hydrogen) atoms. The highest BCUT2D eigenvalue weighted by molar-refractivity contribution is 6.30. The van der Waals surface area contributed by atoms with E-state index in [0.29, 0.717) is 16.3 Å². The van der Waals surface area contributed by atoms with Crippen LogP contribution < -0.4 is 5.32 Å². The molecular formula is C17H20ClNO2. The Hall–Kier alpha value is -1.50. The van der Waals surface area contributed by atoms with Gasteiger partial charge in [0, 0.05) is 16.5 Å². The van der Waals surface area contributed by atoms with Gasteiger partial charge in [0.15, 0.2) is 0 Å². The number of aliphatic hydroxyl groups excluding tert-OH is 1. The van der Waals surface area contributed by atoms with E-state index in [2.05, 4.69) is 44.9 Å². The van der Waals surface area contributed by atoms with Crippen LogP contribution in [0.4, 0.5) is 5.69 Å². The van der Waals surface area contributed by atoms with Gasteiger partial charge in [0.05, 0.1) is 5.69 Å². The van der Waals surface area contributed by atoms with Crippen LogP contribution in [0.3, 0.4) is 0 Å². The van der Waals surface area contributed by atoms with Gasteiger partial charge in [0.1, 0.15) is 6.61 Å². The molecule has 0 atom stereocenters. The minimum absolute atomic E-state index is 0.000582. The fourth-order valence-electron chi connectivity index (χ4n) is 2.92. The van der Waals surface area contributed by atoms with Gasteiger partial charge in [-0.25, -0.2) is 0 Å². The first-order valence-corrected chi connectivity index (χ1v) is 7.29. The fourth-order valence-corrected chi connectivity index (χ4v) is 3.09. The van der Waals surface area contributed by atoms with E-state index in [1.54, 1.807) is 18.2 Å². The first-order chi connectivity index (χ1) is 9.71. The maximum atomic E-state index is 12.5. The molecule has 0 unspecified atom stereocenters. The Balaban J connectivity index is 2.23. The van der Waals surface area contributed by atoms with Crippen LogP contribution in [-0.4, -0.2) is 17.6 Å². The minimum atomic E-state index is -0.234. The molecule has 0 aromatic heterocycles. The SMILES string of the molecule is CC1(C)C(C(=O)Nc2ccc(Cl)cc2C#CCO)C1(C)C. The van der Waals surface area contributed by atoms with E-state index < -0.39 is 0 Å². The summed E-state index contributed by atoms with van der Waals surface area (Å²) >= 11 is 5.95. The smallest absolute Gasteiger partial charge is 0.228 e. The number of rotatable bonds is 2. The summed E-state index contributed by atoms with van der Waals surface area (Å²) < 4.78 is 0. The topological polar surface area (TPSA) is 49.3 Å². The number of hydrogen-bond donors (Lipinski definition) is 2. The maximum Gasteiger partial charge on any atom is 0.228 e. The zero-order valence-electron chi connectivity index (χ0n) is 12.7. The maximum absolute atomic E-state index is 12.5. The fraction of sp³-hybridized carbons (Fsp3) is 0.471. The van der Waals surface area contributed by atoms with Crippen LogP contribution in [0.2, 0.25) is 5.02 Å². The van der Waals surface area contributed by atoms with Gasteiger partial charge in [-0.3, -0.25) is 4.79 Å². The predicted molar refractivity (Wildman–Crippen MR) is 85.1 cm³/mol. The van der Waals surface area contributed by atoms with Crippen LogP contribution in [0.25, 0.3) is 0 Å². The second kappa shape index (κ2) is 5.36. The summed E-state index contributed by atoms with van der Waals surface area (Å²) in [4.78, 5) is 12.5. The molecule has 0 heterocycles. The van der Waals surface area contributed by atoms with Crippen molar-refractivity contribution < 1.29 is 9.90 Å². The summed E-state index contributed by atoms with van der Waals surface area (Å²) in [5.74, 6) is 5.36. The summed E-state index contributed by atoms with van der Waals surface area (Å²) in [7, 11) is 0. The second-order valence-corrected chi connectivity index (χ2v) is 6.95. The Kier molecular flexibility index (Phi) is 4.06. The molecule has 1 fully saturated rings. The molecule has 1 aromatic rings. The van der Waals surface area contributed by atoms with Crippen LogP contribution in [0.15, 0.2) is 18.2 Å². The molecule has 1 saturated carbocycles. The van der Waals surface area contributed by atoms with Gasteiger partial charge in [-0.2, -0.15) is 0 Å². The lowest BCUT2D eigenvalue weighted by molar-refractivity contribution is -0.118. The van der Waals surface area contributed by atoms with Crippen LogP contribution in [0.1, 0.15) is 33.3 Å². The monoisotopic (exact) mass is 305 g/mol. The molecule has 2 rings (SSSR count). The van der Waals surface area contributed by atoms with E-state index >= 15 is 0 Å². The van der Waals surface area contributed by atoms with Crippen molar-refractivity contribution in [3.8, 4) is 11.8 Å². The van der Waals surface area contributed by atoms with Crippen molar-refractivity contribution in [2.24, 2.45) is 16.7 Å². The molecule has 0 saturated heterocycles. The summed E-state index contributed by atoms with van der Waals surface area (Å²) in [5, 5.41) is 12.3. The van der Waals surface area contributed by atoms with Crippen molar-refractivity contribution in [1.82, 2.24) is 0 Å². The number of carbonyl (C=O) groups excluding carboxylic acids is 1. The Bertz CT molecular complexity index is 624. The molecule has 0 aliphatic heterocycles. The summed E-state index contributed by atoms with van der Waals surface area (Å²) in [6.07, 6.45) is 0. The van der Waals surface area contributed by atoms with Gasteiger partial charge in [0.25, 0.3) is 0 Å². The second-order valence-electron chi connectivity index (χ2n) is 6.52. The highest BCUT2D eigenvalue weighted by Crippen LogP contribution is 2.68. The number of halogens is 1. The third-order valence-corrected chi connectivity index (χ3v) is 5.06. The van der Waals surface area contributed by atoms with E-state index in [0.717, 1.165) is 0 Å². The number of anilines is 1. The van der Waals surface area contributed by atoms with Crippen molar-refractivity contribution in [2.75, 3.05) is 11.9 Å². The largest absolute Gasteiger partial charge is 0.384 e. The standard InChI is InChI=1S/C17H20ClNO2/c1-16(2)14(17(16,3)4)15(21)19-13-8-7-12(18)10-11(13)6-5-9-20/h7-8,10,14,20H,9H2,1-4H3,(H,19,21). The molecule has 2 N–H and O–H groups in total. The molecule has 4 heteroatoms. The lowest BCUT2D eigenvalue weighted by Crippen LogP contribution is -2.18. The van der Waals surface area contributed by atoms with Crippen LogP contribution in [-0.2, 0) is 4.79 Å². The number of hydrogen-bond acceptors (Lipinski definition) is 2. The first-order valence-electron chi connectivity index (χ1n) is 6.92. The predicted octanol–water partition coefficient (Wildman–Crippen LogP) is 3.30. The van der Waals surface area contributed by atoms with Gasteiger partial charge in [0.2, 0.25) is 5.91 Å². The Morgan fingerprint density at radius 1 is 1.33 bits per heavy atom. The van der Waals surface area contributed by atoms with Crippen molar-refractivity contribution >= 4 is 23.2 Å². The lowest BCUT2D eigenvalue weighted by Gasteiger charge is -2.09.